The van der Waals surface area contributed by atoms with Gasteiger partial charge in [0.2, 0.25) is 0 Å². The number of hydrogen-bond acceptors (Lipinski definition) is 4. The fourth-order valence-electron chi connectivity index (χ4n) is 3.38. The molecule has 0 radical (unpaired) electrons. The van der Waals surface area contributed by atoms with Gasteiger partial charge in [0, 0.05) is 12.0 Å². The molecular weight excluding hydrogens is 336 g/mol. The van der Waals surface area contributed by atoms with Crippen molar-refractivity contribution in [2.75, 3.05) is 0 Å². The number of ether oxygens (including phenoxy) is 1. The molecule has 0 fully saturated rings. The Kier molecular flexibility index (Phi) is 4.11. The molecule has 4 nitrogen and oxygen atoms in total. The lowest BCUT2D eigenvalue weighted by Crippen LogP contribution is -2.24. The molecule has 0 N–H and O–H groups in total. The van der Waals surface area contributed by atoms with Crippen molar-refractivity contribution in [2.24, 2.45) is 0 Å². The van der Waals surface area contributed by atoms with Gasteiger partial charge < -0.3 is 8.92 Å². The third-order valence-corrected chi connectivity index (χ3v) is 6.29. The van der Waals surface area contributed by atoms with Crippen molar-refractivity contribution in [3.8, 4) is 11.5 Å². The highest BCUT2D eigenvalue weighted by atomic mass is 32.2. The first-order valence-electron chi connectivity index (χ1n) is 8.34. The minimum atomic E-state index is -3.92. The molecule has 3 rings (SSSR count). The Bertz CT molecular complexity index is 939. The molecule has 0 saturated carbocycles. The summed E-state index contributed by atoms with van der Waals surface area (Å²) in [5.41, 5.74) is 3.93. The second kappa shape index (κ2) is 5.77. The number of aryl methyl sites for hydroxylation is 1. The Morgan fingerprint density at radius 2 is 1.56 bits per heavy atom. The van der Waals surface area contributed by atoms with Crippen LogP contribution in [-0.2, 0) is 16.5 Å². The summed E-state index contributed by atoms with van der Waals surface area (Å²) in [4.78, 5) is 0.255. The van der Waals surface area contributed by atoms with Gasteiger partial charge >= 0.3 is 10.1 Å². The second-order valence-corrected chi connectivity index (χ2v) is 8.88. The molecule has 0 saturated heterocycles. The van der Waals surface area contributed by atoms with Crippen LogP contribution in [-0.4, -0.2) is 14.0 Å². The summed E-state index contributed by atoms with van der Waals surface area (Å²) < 4.78 is 37.4. The Morgan fingerprint density at radius 3 is 2.16 bits per heavy atom. The van der Waals surface area contributed by atoms with Crippen molar-refractivity contribution < 1.29 is 17.3 Å². The first-order chi connectivity index (χ1) is 11.5. The summed E-state index contributed by atoms with van der Waals surface area (Å²) in [5.74, 6) is 1.13. The molecular formula is C20H24O4S. The zero-order chi connectivity index (χ0) is 18.6. The summed E-state index contributed by atoms with van der Waals surface area (Å²) in [6, 6.07) is 7.00. The van der Waals surface area contributed by atoms with Gasteiger partial charge in [-0.1, -0.05) is 17.7 Å². The van der Waals surface area contributed by atoms with E-state index in [1.807, 2.05) is 53.7 Å². The lowest BCUT2D eigenvalue weighted by molar-refractivity contribution is 0.137. The maximum absolute atomic E-state index is 13.0. The standard InChI is InChI=1S/C20H24O4S/c1-12-7-9-16(10-8-12)24-25(21,22)19-14(3)13(2)18-17(15(19)4)11-20(5,6)23-18/h7-10H,11H2,1-6H3. The lowest BCUT2D eigenvalue weighted by Gasteiger charge is -2.19. The summed E-state index contributed by atoms with van der Waals surface area (Å²) in [6.45, 7) is 11.5. The van der Waals surface area contributed by atoms with Crippen molar-refractivity contribution in [3.05, 3.63) is 52.1 Å². The molecule has 0 unspecified atom stereocenters. The van der Waals surface area contributed by atoms with Gasteiger partial charge in [-0.15, -0.1) is 0 Å². The summed E-state index contributed by atoms with van der Waals surface area (Å²) in [6.07, 6.45) is 0.683. The molecule has 0 aliphatic carbocycles. The number of fused-ring (bicyclic) bond motifs is 1. The normalized spacial score (nSPS) is 15.6. The third-order valence-electron chi connectivity index (χ3n) is 4.77. The Hall–Kier alpha value is -2.01. The first kappa shape index (κ1) is 17.8. The predicted molar refractivity (Wildman–Crippen MR) is 98.1 cm³/mol. The molecule has 134 valence electrons. The van der Waals surface area contributed by atoms with Crippen LogP contribution in [0.4, 0.5) is 0 Å². The predicted octanol–water partition coefficient (Wildman–Crippen LogP) is 4.40. The van der Waals surface area contributed by atoms with Crippen LogP contribution in [0.2, 0.25) is 0 Å². The fourth-order valence-corrected chi connectivity index (χ4v) is 4.86. The average molecular weight is 360 g/mol. The Morgan fingerprint density at radius 1 is 0.960 bits per heavy atom. The molecule has 1 aliphatic heterocycles. The van der Waals surface area contributed by atoms with Crippen LogP contribution in [0.5, 0.6) is 11.5 Å². The highest BCUT2D eigenvalue weighted by Crippen LogP contribution is 2.44. The van der Waals surface area contributed by atoms with Gasteiger partial charge in [0.15, 0.2) is 0 Å². The molecule has 2 aromatic rings. The average Bonchev–Trinajstić information content (AvgIpc) is 2.83. The smallest absolute Gasteiger partial charge is 0.339 e. The maximum atomic E-state index is 13.0. The van der Waals surface area contributed by atoms with Crippen molar-refractivity contribution >= 4 is 10.1 Å². The highest BCUT2D eigenvalue weighted by Gasteiger charge is 2.37. The van der Waals surface area contributed by atoms with E-state index in [0.29, 0.717) is 17.7 Å². The van der Waals surface area contributed by atoms with E-state index in [0.717, 1.165) is 28.0 Å². The molecule has 0 spiro atoms. The van der Waals surface area contributed by atoms with Gasteiger partial charge in [0.25, 0.3) is 0 Å². The number of hydrogen-bond donors (Lipinski definition) is 0. The summed E-state index contributed by atoms with van der Waals surface area (Å²) >= 11 is 0. The molecule has 2 aromatic carbocycles. The molecule has 5 heteroatoms. The number of benzene rings is 2. The van der Waals surface area contributed by atoms with Crippen LogP contribution in [0.3, 0.4) is 0 Å². The fraction of sp³-hybridized carbons (Fsp3) is 0.400. The second-order valence-electron chi connectivity index (χ2n) is 7.40. The maximum Gasteiger partial charge on any atom is 0.339 e. The molecule has 0 atom stereocenters. The van der Waals surface area contributed by atoms with Crippen molar-refractivity contribution in [1.29, 1.82) is 0 Å². The summed E-state index contributed by atoms with van der Waals surface area (Å²) in [7, 11) is -3.92. The zero-order valence-corrected chi connectivity index (χ0v) is 16.4. The van der Waals surface area contributed by atoms with E-state index in [9.17, 15) is 8.42 Å². The highest BCUT2D eigenvalue weighted by molar-refractivity contribution is 7.87. The number of rotatable bonds is 3. The van der Waals surface area contributed by atoms with Crippen LogP contribution in [0.25, 0.3) is 0 Å². The van der Waals surface area contributed by atoms with Gasteiger partial charge in [-0.25, -0.2) is 0 Å². The zero-order valence-electron chi connectivity index (χ0n) is 15.6. The van der Waals surface area contributed by atoms with Crippen LogP contribution in [0.1, 0.15) is 41.7 Å². The van der Waals surface area contributed by atoms with E-state index in [1.54, 1.807) is 12.1 Å². The van der Waals surface area contributed by atoms with Crippen LogP contribution >= 0.6 is 0 Å². The minimum Gasteiger partial charge on any atom is -0.487 e. The van der Waals surface area contributed by atoms with Crippen LogP contribution < -0.4 is 8.92 Å². The van der Waals surface area contributed by atoms with Crippen molar-refractivity contribution in [1.82, 2.24) is 0 Å². The van der Waals surface area contributed by atoms with Gasteiger partial charge in [-0.3, -0.25) is 0 Å². The monoisotopic (exact) mass is 360 g/mol. The van der Waals surface area contributed by atoms with Gasteiger partial charge in [0.1, 0.15) is 22.0 Å². The minimum absolute atomic E-state index is 0.255. The van der Waals surface area contributed by atoms with E-state index >= 15 is 0 Å². The van der Waals surface area contributed by atoms with E-state index < -0.39 is 10.1 Å². The first-order valence-corrected chi connectivity index (χ1v) is 9.75. The van der Waals surface area contributed by atoms with E-state index in [2.05, 4.69) is 0 Å². The van der Waals surface area contributed by atoms with Crippen LogP contribution in [0.15, 0.2) is 29.2 Å². The molecule has 0 bridgehead atoms. The topological polar surface area (TPSA) is 52.6 Å². The van der Waals surface area contributed by atoms with Crippen LogP contribution in [0, 0.1) is 27.7 Å². The van der Waals surface area contributed by atoms with Gasteiger partial charge in [0.05, 0.1) is 0 Å². The van der Waals surface area contributed by atoms with E-state index in [-0.39, 0.29) is 10.5 Å². The molecule has 0 amide bonds. The molecule has 0 aromatic heterocycles. The largest absolute Gasteiger partial charge is 0.487 e. The summed E-state index contributed by atoms with van der Waals surface area (Å²) in [5, 5.41) is 0. The lowest BCUT2D eigenvalue weighted by atomic mass is 9.94. The Balaban J connectivity index is 2.11. The quantitative estimate of drug-likeness (QED) is 0.761. The molecule has 25 heavy (non-hydrogen) atoms. The van der Waals surface area contributed by atoms with Crippen molar-refractivity contribution in [3.63, 3.8) is 0 Å². The molecule has 1 aliphatic rings. The van der Waals surface area contributed by atoms with E-state index in [4.69, 9.17) is 8.92 Å². The molecule has 1 heterocycles. The van der Waals surface area contributed by atoms with Gasteiger partial charge in [-0.05, 0) is 70.4 Å². The Labute approximate surface area is 149 Å². The SMILES string of the molecule is Cc1ccc(OS(=O)(=O)c2c(C)c(C)c3c(c2C)CC(C)(C)O3)cc1. The van der Waals surface area contributed by atoms with Crippen molar-refractivity contribution in [2.45, 2.75) is 58.5 Å². The van der Waals surface area contributed by atoms with Gasteiger partial charge in [-0.2, -0.15) is 8.42 Å². The third kappa shape index (κ3) is 3.13. The van der Waals surface area contributed by atoms with E-state index in [1.165, 1.54) is 0 Å².